The van der Waals surface area contributed by atoms with Gasteiger partial charge in [-0.3, -0.25) is 19.1 Å². The molecule has 124 valence electrons. The van der Waals surface area contributed by atoms with Crippen molar-refractivity contribution in [3.63, 3.8) is 0 Å². The van der Waals surface area contributed by atoms with E-state index in [9.17, 15) is 18.4 Å². The molecule has 0 atom stereocenters. The molecule has 0 aliphatic carbocycles. The minimum atomic E-state index is -3.34. The first-order chi connectivity index (χ1) is 10.8. The molecule has 0 saturated carbocycles. The Labute approximate surface area is 135 Å². The van der Waals surface area contributed by atoms with E-state index in [0.717, 1.165) is 12.3 Å². The van der Waals surface area contributed by atoms with Crippen LogP contribution in [0.3, 0.4) is 0 Å². The number of halogens is 3. The van der Waals surface area contributed by atoms with Gasteiger partial charge in [0, 0.05) is 7.62 Å². The van der Waals surface area contributed by atoms with Crippen molar-refractivity contribution in [3.8, 4) is 0 Å². The van der Waals surface area contributed by atoms with Gasteiger partial charge in [-0.15, -0.1) is 0 Å². The lowest BCUT2D eigenvalue weighted by atomic mass is 10.2. The second-order valence-electron chi connectivity index (χ2n) is 4.49. The first kappa shape index (κ1) is 16.8. The highest BCUT2D eigenvalue weighted by Gasteiger charge is 2.33. The number of pyridine rings is 1. The van der Waals surface area contributed by atoms with Gasteiger partial charge in [-0.05, 0) is 12.1 Å². The molecule has 0 spiro atoms. The predicted octanol–water partition coefficient (Wildman–Crippen LogP) is 1.83. The molecule has 7 nitrogen and oxygen atoms in total. The fourth-order valence-corrected chi connectivity index (χ4v) is 1.92. The largest absolute Gasteiger partial charge is 0.480 e. The number of carbonyl (C=O) groups is 1. The lowest BCUT2D eigenvalue weighted by Crippen LogP contribution is -2.32. The number of carboxylic acid groups (broad SMARTS) is 1. The first-order valence-corrected chi connectivity index (χ1v) is 6.69. The zero-order chi connectivity index (χ0) is 17.0. The first-order valence-electron chi connectivity index (χ1n) is 6.31. The van der Waals surface area contributed by atoms with Gasteiger partial charge in [-0.25, -0.2) is 4.98 Å². The van der Waals surface area contributed by atoms with Crippen LogP contribution in [-0.2, 0) is 17.3 Å². The molecule has 0 aliphatic rings. The van der Waals surface area contributed by atoms with Crippen molar-refractivity contribution in [1.29, 1.82) is 0 Å². The standard InChI is InChI=1S/C13H11ClF2N4O3.H2/c14-9-5-18-11(12(23)20(9)6-10(21)22)19-7-13(15,16)8-3-1-2-4-17-8;/h1-5H,6-7H2,(H,18,19)(H,21,22);1H. The normalized spacial score (nSPS) is 11.3. The maximum Gasteiger partial charge on any atom is 0.323 e. The molecule has 10 heteroatoms. The molecule has 0 radical (unpaired) electrons. The summed E-state index contributed by atoms with van der Waals surface area (Å²) in [6, 6.07) is 4.06. The Morgan fingerprint density at radius 3 is 2.78 bits per heavy atom. The van der Waals surface area contributed by atoms with E-state index in [1.807, 2.05) is 0 Å². The van der Waals surface area contributed by atoms with Gasteiger partial charge in [0.2, 0.25) is 0 Å². The molecule has 2 N–H and O–H groups in total. The summed E-state index contributed by atoms with van der Waals surface area (Å²) in [4.78, 5) is 29.9. The summed E-state index contributed by atoms with van der Waals surface area (Å²) >= 11 is 5.68. The molecule has 0 fully saturated rings. The zero-order valence-electron chi connectivity index (χ0n) is 11.5. The van der Waals surface area contributed by atoms with E-state index >= 15 is 0 Å². The van der Waals surface area contributed by atoms with Gasteiger partial charge in [0.15, 0.2) is 5.82 Å². The predicted molar refractivity (Wildman–Crippen MR) is 79.9 cm³/mol. The number of nitrogens with zero attached hydrogens (tertiary/aromatic N) is 3. The van der Waals surface area contributed by atoms with Crippen LogP contribution in [0.4, 0.5) is 14.6 Å². The highest BCUT2D eigenvalue weighted by atomic mass is 35.5. The van der Waals surface area contributed by atoms with Crippen LogP contribution >= 0.6 is 11.6 Å². The number of hydrogen-bond acceptors (Lipinski definition) is 5. The molecule has 2 heterocycles. The van der Waals surface area contributed by atoms with Gasteiger partial charge in [0.25, 0.3) is 5.56 Å². The van der Waals surface area contributed by atoms with E-state index in [0.29, 0.717) is 4.57 Å². The van der Waals surface area contributed by atoms with Gasteiger partial charge >= 0.3 is 11.9 Å². The summed E-state index contributed by atoms with van der Waals surface area (Å²) in [6.45, 7) is -1.63. The topological polar surface area (TPSA) is 97.1 Å². The van der Waals surface area contributed by atoms with Gasteiger partial charge in [0.05, 0.1) is 12.7 Å². The Kier molecular flexibility index (Phi) is 4.89. The summed E-state index contributed by atoms with van der Waals surface area (Å²) in [5.41, 5.74) is -1.37. The Morgan fingerprint density at radius 1 is 1.43 bits per heavy atom. The second kappa shape index (κ2) is 6.69. The average Bonchev–Trinajstić information content (AvgIpc) is 2.51. The van der Waals surface area contributed by atoms with Crippen LogP contribution in [-0.4, -0.2) is 32.2 Å². The molecule has 0 unspecified atom stereocenters. The number of aliphatic carboxylic acids is 1. The minimum absolute atomic E-state index is 0. The van der Waals surface area contributed by atoms with E-state index < -0.39 is 42.1 Å². The lowest BCUT2D eigenvalue weighted by Gasteiger charge is -2.17. The van der Waals surface area contributed by atoms with Crippen LogP contribution in [0.15, 0.2) is 35.4 Å². The monoisotopic (exact) mass is 346 g/mol. The van der Waals surface area contributed by atoms with Crippen LogP contribution < -0.4 is 10.9 Å². The molecule has 2 aromatic rings. The summed E-state index contributed by atoms with van der Waals surface area (Å²) < 4.78 is 28.7. The number of rotatable bonds is 6. The van der Waals surface area contributed by atoms with Gasteiger partial charge in [-0.1, -0.05) is 17.7 Å². The van der Waals surface area contributed by atoms with Crippen LogP contribution in [0.2, 0.25) is 5.15 Å². The molecule has 0 aromatic carbocycles. The Balaban J connectivity index is 0.00000288. The van der Waals surface area contributed by atoms with Crippen molar-refractivity contribution in [2.75, 3.05) is 11.9 Å². The Bertz CT molecular complexity index is 774. The van der Waals surface area contributed by atoms with Crippen LogP contribution in [0.25, 0.3) is 0 Å². The smallest absolute Gasteiger partial charge is 0.323 e. The number of hydrogen-bond donors (Lipinski definition) is 2. The summed E-state index contributed by atoms with van der Waals surface area (Å²) in [5.74, 6) is -5.07. The molecule has 0 amide bonds. The molecule has 0 saturated heterocycles. The lowest BCUT2D eigenvalue weighted by molar-refractivity contribution is -0.137. The van der Waals surface area contributed by atoms with Crippen molar-refractivity contribution < 1.29 is 20.1 Å². The Morgan fingerprint density at radius 2 is 2.17 bits per heavy atom. The quantitative estimate of drug-likeness (QED) is 0.828. The second-order valence-corrected chi connectivity index (χ2v) is 4.87. The SMILES string of the molecule is O=C(O)Cn1c(Cl)cnc(NCC(F)(F)c2ccccn2)c1=O.[HH]. The van der Waals surface area contributed by atoms with Crippen LogP contribution in [0.5, 0.6) is 0 Å². The number of carboxylic acids is 1. The van der Waals surface area contributed by atoms with E-state index in [4.69, 9.17) is 16.7 Å². The van der Waals surface area contributed by atoms with Crippen molar-refractivity contribution in [1.82, 2.24) is 14.5 Å². The van der Waals surface area contributed by atoms with E-state index in [-0.39, 0.29) is 6.58 Å². The average molecular weight is 347 g/mol. The van der Waals surface area contributed by atoms with E-state index in [2.05, 4.69) is 15.3 Å². The molecule has 2 aromatic heterocycles. The maximum absolute atomic E-state index is 14.0. The van der Waals surface area contributed by atoms with Gasteiger partial charge < -0.3 is 10.4 Å². The van der Waals surface area contributed by atoms with Crippen LogP contribution in [0.1, 0.15) is 7.12 Å². The highest BCUT2D eigenvalue weighted by Crippen LogP contribution is 2.25. The zero-order valence-corrected chi connectivity index (χ0v) is 12.3. The van der Waals surface area contributed by atoms with Gasteiger partial charge in [0.1, 0.15) is 17.4 Å². The number of alkyl halides is 2. The van der Waals surface area contributed by atoms with E-state index in [1.54, 1.807) is 0 Å². The summed E-state index contributed by atoms with van der Waals surface area (Å²) in [5, 5.41) is 10.7. The summed E-state index contributed by atoms with van der Waals surface area (Å²) in [7, 11) is 0. The molecule has 23 heavy (non-hydrogen) atoms. The molecule has 0 aliphatic heterocycles. The fraction of sp³-hybridized carbons (Fsp3) is 0.231. The molecular weight excluding hydrogens is 334 g/mol. The molecular formula is C13H13ClF2N4O3. The number of nitrogens with one attached hydrogen (secondary N) is 1. The molecule has 2 rings (SSSR count). The minimum Gasteiger partial charge on any atom is -0.480 e. The third-order valence-electron chi connectivity index (χ3n) is 2.82. The van der Waals surface area contributed by atoms with E-state index in [1.165, 1.54) is 18.3 Å². The fourth-order valence-electron chi connectivity index (χ4n) is 1.74. The van der Waals surface area contributed by atoms with Crippen LogP contribution in [0, 0.1) is 0 Å². The maximum atomic E-state index is 14.0. The van der Waals surface area contributed by atoms with Crippen molar-refractivity contribution in [3.05, 3.63) is 51.8 Å². The van der Waals surface area contributed by atoms with Crippen molar-refractivity contribution >= 4 is 23.4 Å². The summed E-state index contributed by atoms with van der Waals surface area (Å²) in [6.07, 6.45) is 2.23. The van der Waals surface area contributed by atoms with Crippen molar-refractivity contribution in [2.45, 2.75) is 12.5 Å². The van der Waals surface area contributed by atoms with Gasteiger partial charge in [-0.2, -0.15) is 8.78 Å². The third kappa shape index (κ3) is 4.01. The number of anilines is 1. The highest BCUT2D eigenvalue weighted by molar-refractivity contribution is 6.29. The van der Waals surface area contributed by atoms with Crippen molar-refractivity contribution in [2.24, 2.45) is 0 Å². The third-order valence-corrected chi connectivity index (χ3v) is 3.12. The number of aromatic nitrogens is 3. The Hall–Kier alpha value is -2.55. The molecule has 0 bridgehead atoms.